The van der Waals surface area contributed by atoms with E-state index in [0.717, 1.165) is 16.1 Å². The van der Waals surface area contributed by atoms with Crippen molar-refractivity contribution in [1.29, 1.82) is 0 Å². The number of methoxy groups -OCH3 is 1. The van der Waals surface area contributed by atoms with Gasteiger partial charge in [-0.15, -0.1) is 17.9 Å². The van der Waals surface area contributed by atoms with E-state index in [-0.39, 0.29) is 55.8 Å². The van der Waals surface area contributed by atoms with Crippen molar-refractivity contribution >= 4 is 61.2 Å². The monoisotopic (exact) mass is 901 g/mol. The number of anilines is 1. The molecule has 63 heavy (non-hydrogen) atoms. The number of carbonyl (C=O) groups is 4. The topological polar surface area (TPSA) is 183 Å². The Morgan fingerprint density at radius 3 is 2.33 bits per heavy atom. The second-order valence-corrected chi connectivity index (χ2v) is 21.2. The molecule has 5 atom stereocenters. The molecule has 338 valence electrons. The summed E-state index contributed by atoms with van der Waals surface area (Å²) >= 11 is 1.48. The smallest absolute Gasteiger partial charge is 0.409 e. The van der Waals surface area contributed by atoms with Gasteiger partial charge in [0.25, 0.3) is 0 Å². The summed E-state index contributed by atoms with van der Waals surface area (Å²) in [5.41, 5.74) is 0.0770. The Morgan fingerprint density at radius 2 is 1.71 bits per heavy atom. The van der Waals surface area contributed by atoms with Crippen molar-refractivity contribution in [3.05, 3.63) is 78.2 Å². The number of esters is 1. The normalized spacial score (nSPS) is 20.5. The van der Waals surface area contributed by atoms with Crippen molar-refractivity contribution in [2.75, 3.05) is 19.0 Å². The number of allylic oxidation sites excluding steroid dienone is 1. The lowest BCUT2D eigenvalue weighted by Gasteiger charge is -2.35. The zero-order valence-electron chi connectivity index (χ0n) is 37.5. The number of likely N-dealkylation sites (tertiary alicyclic amines) is 1. The molecule has 16 heteroatoms. The fraction of sp³-hybridized carbons (Fsp3) is 0.489. The van der Waals surface area contributed by atoms with E-state index in [2.05, 4.69) is 11.9 Å². The number of hydrogen-bond donors (Lipinski definition) is 2. The number of hydrogen-bond acceptors (Lipinski definition) is 13. The second kappa shape index (κ2) is 18.4. The quantitative estimate of drug-likeness (QED) is 0.0772. The van der Waals surface area contributed by atoms with Gasteiger partial charge in [0.1, 0.15) is 22.8 Å². The van der Waals surface area contributed by atoms with Gasteiger partial charge < -0.3 is 23.9 Å². The number of fused-ring (bicyclic) bond motifs is 1. The van der Waals surface area contributed by atoms with E-state index in [1.165, 1.54) is 23.5 Å². The first-order valence-electron chi connectivity index (χ1n) is 21.2. The Hall–Kier alpha value is -5.35. The largest absolute Gasteiger partial charge is 0.497 e. The minimum Gasteiger partial charge on any atom is -0.497 e. The van der Waals surface area contributed by atoms with Gasteiger partial charge in [0.05, 0.1) is 42.1 Å². The molecule has 1 saturated heterocycles. The molecule has 2 N–H and O–H groups in total. The first kappa shape index (κ1) is 47.1. The van der Waals surface area contributed by atoms with Crippen molar-refractivity contribution in [2.45, 2.75) is 105 Å². The molecule has 0 unspecified atom stereocenters. The lowest BCUT2D eigenvalue weighted by atomic mass is 9.77. The summed E-state index contributed by atoms with van der Waals surface area (Å²) in [5, 5.41) is 6.94. The van der Waals surface area contributed by atoms with Crippen LogP contribution < -0.4 is 19.0 Å². The minimum atomic E-state index is -4.61. The Balaban J connectivity index is 1.34. The van der Waals surface area contributed by atoms with E-state index < -0.39 is 62.3 Å². The number of benzene rings is 2. The number of Topliss-reactive ketones (excluding diaryl/α,β-unsaturated/α-hetero) is 1. The van der Waals surface area contributed by atoms with E-state index in [9.17, 15) is 27.6 Å². The fourth-order valence-corrected chi connectivity index (χ4v) is 10.00. The van der Waals surface area contributed by atoms with E-state index in [1.807, 2.05) is 69.0 Å². The zero-order chi connectivity index (χ0) is 46.1. The highest BCUT2D eigenvalue weighted by Gasteiger charge is 2.61. The van der Waals surface area contributed by atoms with Crippen molar-refractivity contribution in [3.8, 4) is 22.9 Å². The first-order valence-corrected chi connectivity index (χ1v) is 23.5. The standard InChI is InChI=1S/C47H59N5O9S2/c1-11-31-24-47(31,43(56)51-63(57,58)61-32-15-13-12-14-16-32)25-40(53)39-20-29(26-52(39)42(55)35(45(4,5)6)23-41(54)60-46(7,8)9)19-30-21-37(38-27-62-44(50-38)48-28(2)3)49-36-22-33(59-10)17-18-34(30)36/h11-18,21-22,27-29,31,35,39H,1,19-20,23-26H2,2-10H3,(H,48,50)(H,51,56)/t29-,31-,35-,39+,47-/m1/s1. The van der Waals surface area contributed by atoms with Gasteiger partial charge in [-0.3, -0.25) is 19.2 Å². The summed E-state index contributed by atoms with van der Waals surface area (Å²) in [5.74, 6) is -3.12. The SMILES string of the molecule is C=C[C@@H]1C[C@]1(CC(=O)[C@@H]1C[C@@H](Cc2cc(-c3csc(NC(C)C)n3)nc3cc(OC)ccc23)CN1C(=O)[C@@H](CC(=O)OC(C)(C)C)C(C)(C)C)C(=O)NS(=O)(=O)Oc1ccccc1. The summed E-state index contributed by atoms with van der Waals surface area (Å²) in [4.78, 5) is 68.3. The van der Waals surface area contributed by atoms with Crippen LogP contribution in [-0.4, -0.2) is 78.2 Å². The molecule has 2 aliphatic rings. The summed E-state index contributed by atoms with van der Waals surface area (Å²) in [6.45, 7) is 19.0. The van der Waals surface area contributed by atoms with Crippen LogP contribution in [0.1, 0.15) is 86.6 Å². The van der Waals surface area contributed by atoms with Crippen molar-refractivity contribution in [1.82, 2.24) is 19.6 Å². The van der Waals surface area contributed by atoms with E-state index in [0.29, 0.717) is 29.1 Å². The number of ether oxygens (including phenoxy) is 2. The van der Waals surface area contributed by atoms with Gasteiger partial charge in [0.15, 0.2) is 10.9 Å². The number of ketones is 1. The van der Waals surface area contributed by atoms with Crippen LogP contribution in [0.4, 0.5) is 5.13 Å². The predicted octanol–water partition coefficient (Wildman–Crippen LogP) is 7.93. The molecule has 2 amide bonds. The van der Waals surface area contributed by atoms with Crippen LogP contribution in [0, 0.1) is 28.6 Å². The number of para-hydroxylation sites is 1. The van der Waals surface area contributed by atoms with Crippen LogP contribution in [0.15, 0.2) is 72.6 Å². The summed E-state index contributed by atoms with van der Waals surface area (Å²) < 4.78 is 44.4. The number of nitrogens with one attached hydrogen (secondary N) is 2. The summed E-state index contributed by atoms with van der Waals surface area (Å²) in [6, 6.07) is 14.6. The maximum Gasteiger partial charge on any atom is 0.409 e. The van der Waals surface area contributed by atoms with Gasteiger partial charge in [-0.25, -0.2) is 14.7 Å². The Kier molecular flexibility index (Phi) is 13.8. The maximum atomic E-state index is 14.9. The average molecular weight is 902 g/mol. The van der Waals surface area contributed by atoms with Gasteiger partial charge in [0, 0.05) is 35.8 Å². The molecule has 3 heterocycles. The Labute approximate surface area is 374 Å². The molecular formula is C47H59N5O9S2. The maximum absolute atomic E-state index is 14.9. The number of thiazole rings is 1. The third-order valence-corrected chi connectivity index (χ3v) is 13.1. The average Bonchev–Trinajstić information content (AvgIpc) is 3.45. The molecule has 6 rings (SSSR count). The minimum absolute atomic E-state index is 0.0117. The molecule has 2 fully saturated rings. The Morgan fingerprint density at radius 1 is 1.00 bits per heavy atom. The van der Waals surface area contributed by atoms with Crippen molar-refractivity contribution in [3.63, 3.8) is 0 Å². The molecule has 4 aromatic rings. The van der Waals surface area contributed by atoms with Gasteiger partial charge in [-0.2, -0.15) is 8.42 Å². The third-order valence-electron chi connectivity index (χ3n) is 11.5. The number of carbonyl (C=O) groups excluding carboxylic acids is 4. The lowest BCUT2D eigenvalue weighted by Crippen LogP contribution is -2.48. The molecule has 2 aromatic carbocycles. The molecule has 14 nitrogen and oxygen atoms in total. The predicted molar refractivity (Wildman–Crippen MR) is 243 cm³/mol. The van der Waals surface area contributed by atoms with E-state index in [1.54, 1.807) is 57.1 Å². The van der Waals surface area contributed by atoms with E-state index in [4.69, 9.17) is 23.6 Å². The third kappa shape index (κ3) is 11.4. The van der Waals surface area contributed by atoms with Crippen LogP contribution in [0.25, 0.3) is 22.3 Å². The van der Waals surface area contributed by atoms with Crippen LogP contribution in [0.2, 0.25) is 0 Å². The van der Waals surface area contributed by atoms with Crippen molar-refractivity contribution < 1.29 is 41.3 Å². The fourth-order valence-electron chi connectivity index (χ4n) is 8.31. The molecule has 1 aliphatic heterocycles. The van der Waals surface area contributed by atoms with Crippen LogP contribution >= 0.6 is 11.3 Å². The summed E-state index contributed by atoms with van der Waals surface area (Å²) in [6.07, 6.45) is 1.89. The second-order valence-electron chi connectivity index (χ2n) is 19.0. The van der Waals surface area contributed by atoms with Gasteiger partial charge in [-0.05, 0) is 107 Å². The van der Waals surface area contributed by atoms with Crippen LogP contribution in [0.5, 0.6) is 11.5 Å². The molecule has 0 bridgehead atoms. The molecule has 1 aliphatic carbocycles. The lowest BCUT2D eigenvalue weighted by molar-refractivity contribution is -0.161. The molecular weight excluding hydrogens is 843 g/mol. The highest BCUT2D eigenvalue weighted by molar-refractivity contribution is 7.85. The van der Waals surface area contributed by atoms with Crippen LogP contribution in [0.3, 0.4) is 0 Å². The van der Waals surface area contributed by atoms with E-state index >= 15 is 0 Å². The molecule has 1 saturated carbocycles. The van der Waals surface area contributed by atoms with Gasteiger partial charge >= 0.3 is 16.3 Å². The molecule has 0 spiro atoms. The number of nitrogens with zero attached hydrogens (tertiary/aromatic N) is 3. The number of amides is 2. The highest BCUT2D eigenvalue weighted by atomic mass is 32.2. The van der Waals surface area contributed by atoms with Gasteiger partial charge in [-0.1, -0.05) is 45.0 Å². The number of aromatic nitrogens is 2. The van der Waals surface area contributed by atoms with Crippen molar-refractivity contribution in [2.24, 2.45) is 28.6 Å². The zero-order valence-corrected chi connectivity index (χ0v) is 39.2. The number of rotatable bonds is 17. The summed E-state index contributed by atoms with van der Waals surface area (Å²) in [7, 11) is -3.01. The molecule has 2 aromatic heterocycles. The van der Waals surface area contributed by atoms with Crippen LogP contribution in [-0.2, 0) is 40.6 Å². The first-order chi connectivity index (χ1) is 29.5. The molecule has 0 radical (unpaired) electrons. The highest BCUT2D eigenvalue weighted by Crippen LogP contribution is 2.57. The van der Waals surface area contributed by atoms with Gasteiger partial charge in [0.2, 0.25) is 11.8 Å². The Bertz CT molecular complexity index is 2480. The number of pyridine rings is 1.